The van der Waals surface area contributed by atoms with Crippen LogP contribution in [0.25, 0.3) is 0 Å². The minimum Gasteiger partial charge on any atom is -0.486 e. The highest BCUT2D eigenvalue weighted by molar-refractivity contribution is 5.97. The summed E-state index contributed by atoms with van der Waals surface area (Å²) in [7, 11) is 0. The number of fused-ring (bicyclic) bond motifs is 1. The van der Waals surface area contributed by atoms with E-state index in [0.29, 0.717) is 37.8 Å². The fourth-order valence-corrected chi connectivity index (χ4v) is 3.63. The molecule has 1 atom stereocenters. The van der Waals surface area contributed by atoms with Crippen LogP contribution in [0.2, 0.25) is 0 Å². The average molecular weight is 395 g/mol. The maximum atomic E-state index is 12.4. The molecular weight excluding hydrogens is 370 g/mol. The Morgan fingerprint density at radius 2 is 1.86 bits per heavy atom. The van der Waals surface area contributed by atoms with Crippen molar-refractivity contribution in [2.24, 2.45) is 0 Å². The number of urea groups is 1. The quantitative estimate of drug-likeness (QED) is 0.737. The van der Waals surface area contributed by atoms with Gasteiger partial charge >= 0.3 is 6.03 Å². The zero-order chi connectivity index (χ0) is 20.1. The maximum Gasteiger partial charge on any atom is 0.315 e. The van der Waals surface area contributed by atoms with Crippen molar-refractivity contribution >= 4 is 17.6 Å². The fraction of sp³-hybridized carbons (Fsp3) is 0.364. The highest BCUT2D eigenvalue weighted by Gasteiger charge is 2.32. The van der Waals surface area contributed by atoms with Crippen LogP contribution in [-0.4, -0.2) is 44.3 Å². The third kappa shape index (κ3) is 4.80. The van der Waals surface area contributed by atoms with E-state index in [4.69, 9.17) is 9.47 Å². The third-order valence-corrected chi connectivity index (χ3v) is 5.07. The number of carbonyl (C=O) groups is 2. The van der Waals surface area contributed by atoms with E-state index in [1.807, 2.05) is 36.4 Å². The molecule has 0 aromatic heterocycles. The predicted octanol–water partition coefficient (Wildman–Crippen LogP) is 2.50. The molecule has 2 aromatic rings. The molecule has 0 saturated carbocycles. The number of ether oxygens (including phenoxy) is 2. The van der Waals surface area contributed by atoms with Crippen LogP contribution in [0.15, 0.2) is 48.5 Å². The molecule has 2 N–H and O–H groups in total. The number of nitrogens with one attached hydrogen (secondary N) is 2. The molecule has 2 aromatic carbocycles. The van der Waals surface area contributed by atoms with Crippen molar-refractivity contribution < 1.29 is 19.1 Å². The number of nitrogens with zero attached hydrogens (tertiary/aromatic N) is 1. The number of aryl methyl sites for hydroxylation is 1. The predicted molar refractivity (Wildman–Crippen MR) is 109 cm³/mol. The van der Waals surface area contributed by atoms with E-state index in [1.165, 1.54) is 5.56 Å². The topological polar surface area (TPSA) is 79.9 Å². The van der Waals surface area contributed by atoms with Gasteiger partial charge in [0.1, 0.15) is 13.2 Å². The summed E-state index contributed by atoms with van der Waals surface area (Å²) in [6.45, 7) is 2.06. The number of benzene rings is 2. The summed E-state index contributed by atoms with van der Waals surface area (Å²) in [5.74, 6) is 1.32. The van der Waals surface area contributed by atoms with Crippen molar-refractivity contribution in [1.82, 2.24) is 10.6 Å². The van der Waals surface area contributed by atoms with E-state index in [-0.39, 0.29) is 24.4 Å². The second-order valence-corrected chi connectivity index (χ2v) is 7.22. The van der Waals surface area contributed by atoms with Crippen LogP contribution >= 0.6 is 0 Å². The first-order chi connectivity index (χ1) is 14.2. The maximum absolute atomic E-state index is 12.4. The van der Waals surface area contributed by atoms with E-state index in [0.717, 1.165) is 18.5 Å². The van der Waals surface area contributed by atoms with Crippen LogP contribution in [0.5, 0.6) is 11.5 Å². The molecule has 4 rings (SSSR count). The van der Waals surface area contributed by atoms with Crippen LogP contribution in [0, 0.1) is 0 Å². The Balaban J connectivity index is 1.24. The Bertz CT molecular complexity index is 872. The number of rotatable bonds is 6. The summed E-state index contributed by atoms with van der Waals surface area (Å²) in [6.07, 6.45) is 2.07. The van der Waals surface area contributed by atoms with Crippen molar-refractivity contribution in [1.29, 1.82) is 0 Å². The molecule has 2 aliphatic rings. The molecule has 3 amide bonds. The van der Waals surface area contributed by atoms with Gasteiger partial charge in [-0.05, 0) is 30.5 Å². The van der Waals surface area contributed by atoms with Gasteiger partial charge in [-0.2, -0.15) is 0 Å². The molecule has 0 bridgehead atoms. The van der Waals surface area contributed by atoms with Gasteiger partial charge in [-0.15, -0.1) is 0 Å². The summed E-state index contributed by atoms with van der Waals surface area (Å²) in [4.78, 5) is 26.3. The molecule has 1 saturated heterocycles. The Morgan fingerprint density at radius 1 is 1.07 bits per heavy atom. The highest BCUT2D eigenvalue weighted by Crippen LogP contribution is 2.35. The zero-order valence-corrected chi connectivity index (χ0v) is 16.2. The summed E-state index contributed by atoms with van der Waals surface area (Å²) < 4.78 is 11.1. The second-order valence-electron chi connectivity index (χ2n) is 7.22. The Labute approximate surface area is 170 Å². The Hall–Kier alpha value is -3.22. The number of anilines is 1. The molecule has 29 heavy (non-hydrogen) atoms. The lowest BCUT2D eigenvalue weighted by molar-refractivity contribution is -0.117. The van der Waals surface area contributed by atoms with Gasteiger partial charge < -0.3 is 25.0 Å². The van der Waals surface area contributed by atoms with Gasteiger partial charge in [-0.25, -0.2) is 4.79 Å². The van der Waals surface area contributed by atoms with E-state index in [9.17, 15) is 9.59 Å². The summed E-state index contributed by atoms with van der Waals surface area (Å²) >= 11 is 0. The van der Waals surface area contributed by atoms with E-state index >= 15 is 0 Å². The molecule has 1 fully saturated rings. The highest BCUT2D eigenvalue weighted by atomic mass is 16.6. The van der Waals surface area contributed by atoms with Crippen molar-refractivity contribution in [3.05, 3.63) is 54.1 Å². The largest absolute Gasteiger partial charge is 0.486 e. The summed E-state index contributed by atoms with van der Waals surface area (Å²) in [5.41, 5.74) is 2.01. The van der Waals surface area contributed by atoms with Gasteiger partial charge in [0.15, 0.2) is 11.5 Å². The lowest BCUT2D eigenvalue weighted by Crippen LogP contribution is -2.43. The molecular formula is C22H25N3O4. The Kier molecular flexibility index (Phi) is 5.84. The third-order valence-electron chi connectivity index (χ3n) is 5.07. The van der Waals surface area contributed by atoms with Crippen LogP contribution in [0.4, 0.5) is 10.5 Å². The van der Waals surface area contributed by atoms with E-state index in [1.54, 1.807) is 4.90 Å². The van der Waals surface area contributed by atoms with Gasteiger partial charge in [-0.3, -0.25) is 4.79 Å². The fourth-order valence-electron chi connectivity index (χ4n) is 3.63. The molecule has 0 unspecified atom stereocenters. The average Bonchev–Trinajstić information content (AvgIpc) is 3.11. The Morgan fingerprint density at radius 3 is 2.69 bits per heavy atom. The lowest BCUT2D eigenvalue weighted by Gasteiger charge is -2.22. The molecule has 0 aliphatic carbocycles. The molecule has 7 nitrogen and oxygen atoms in total. The summed E-state index contributed by atoms with van der Waals surface area (Å²) in [6, 6.07) is 15.2. The van der Waals surface area contributed by atoms with Gasteiger partial charge in [0.2, 0.25) is 5.91 Å². The SMILES string of the molecule is O=C(NCCCc1ccccc1)N[C@@H]1CC(=O)N(c2ccc3c(c2)OCCO3)C1. The molecule has 7 heteroatoms. The normalized spacial score (nSPS) is 17.9. The number of amides is 3. The zero-order valence-electron chi connectivity index (χ0n) is 16.2. The van der Waals surface area contributed by atoms with Crippen LogP contribution in [0.1, 0.15) is 18.4 Å². The van der Waals surface area contributed by atoms with Gasteiger partial charge in [0.25, 0.3) is 0 Å². The first kappa shape index (κ1) is 19.1. The van der Waals surface area contributed by atoms with Crippen LogP contribution in [0.3, 0.4) is 0 Å². The first-order valence-corrected chi connectivity index (χ1v) is 9.97. The van der Waals surface area contributed by atoms with Crippen molar-refractivity contribution in [3.63, 3.8) is 0 Å². The number of hydrogen-bond acceptors (Lipinski definition) is 4. The van der Waals surface area contributed by atoms with Crippen LogP contribution < -0.4 is 25.0 Å². The van der Waals surface area contributed by atoms with Gasteiger partial charge in [0.05, 0.1) is 6.04 Å². The van der Waals surface area contributed by atoms with Gasteiger partial charge in [0, 0.05) is 31.3 Å². The standard InChI is InChI=1S/C22H25N3O4/c26-21-13-17(24-22(27)23-10-4-7-16-5-2-1-3-6-16)15-25(21)18-8-9-19-20(14-18)29-12-11-28-19/h1-3,5-6,8-9,14,17H,4,7,10-13,15H2,(H2,23,24,27)/t17-/m1/s1. The van der Waals surface area contributed by atoms with E-state index < -0.39 is 0 Å². The lowest BCUT2D eigenvalue weighted by atomic mass is 10.1. The molecule has 0 radical (unpaired) electrons. The van der Waals surface area contributed by atoms with Crippen molar-refractivity contribution in [3.8, 4) is 11.5 Å². The second kappa shape index (κ2) is 8.86. The summed E-state index contributed by atoms with van der Waals surface area (Å²) in [5, 5.41) is 5.78. The van der Waals surface area contributed by atoms with E-state index in [2.05, 4.69) is 22.8 Å². The minimum atomic E-state index is -0.236. The minimum absolute atomic E-state index is 0.0175. The number of carbonyl (C=O) groups excluding carboxylic acids is 2. The molecule has 2 heterocycles. The monoisotopic (exact) mass is 395 g/mol. The molecule has 2 aliphatic heterocycles. The molecule has 152 valence electrons. The number of hydrogen-bond donors (Lipinski definition) is 2. The van der Waals surface area contributed by atoms with Crippen molar-refractivity contribution in [2.75, 3.05) is 31.2 Å². The molecule has 0 spiro atoms. The van der Waals surface area contributed by atoms with Gasteiger partial charge in [-0.1, -0.05) is 30.3 Å². The van der Waals surface area contributed by atoms with Crippen LogP contribution in [-0.2, 0) is 11.2 Å². The smallest absolute Gasteiger partial charge is 0.315 e. The first-order valence-electron chi connectivity index (χ1n) is 9.97. The van der Waals surface area contributed by atoms with Crippen molar-refractivity contribution in [2.45, 2.75) is 25.3 Å².